The largest absolute Gasteiger partial charge is 0.458 e. The summed E-state index contributed by atoms with van der Waals surface area (Å²) in [5.74, 6) is 1.06. The Morgan fingerprint density at radius 2 is 1.33 bits per heavy atom. The average Bonchev–Trinajstić information content (AvgIpc) is 3.89. The van der Waals surface area contributed by atoms with E-state index in [0.29, 0.717) is 12.2 Å². The summed E-state index contributed by atoms with van der Waals surface area (Å²) in [7, 11) is 0. The third kappa shape index (κ3) is 7.08. The van der Waals surface area contributed by atoms with Crippen LogP contribution in [0.15, 0.2) is 73.1 Å². The lowest BCUT2D eigenvalue weighted by molar-refractivity contribution is -0.163. The number of nitrogens with one attached hydrogen (secondary N) is 3. The second-order valence-electron chi connectivity index (χ2n) is 16.5. The van der Waals surface area contributed by atoms with Crippen molar-refractivity contribution in [1.29, 1.82) is 0 Å². The topological polar surface area (TPSA) is 125 Å². The molecule has 0 bridgehead atoms. The number of nitrogens with zero attached hydrogens (tertiary/aromatic N) is 3. The lowest BCUT2D eigenvalue weighted by Gasteiger charge is -2.30. The zero-order chi connectivity index (χ0) is 37.0. The first kappa shape index (κ1) is 35.4. The number of amides is 1. The summed E-state index contributed by atoms with van der Waals surface area (Å²) in [6.07, 6.45) is 6.57. The maximum Gasteiger partial charge on any atom is 0.411 e. The van der Waals surface area contributed by atoms with Crippen LogP contribution in [0.25, 0.3) is 44.4 Å². The second kappa shape index (κ2) is 13.2. The molecule has 2 saturated heterocycles. The normalized spacial score (nSPS) is 22.2. The summed E-state index contributed by atoms with van der Waals surface area (Å²) in [6, 6.07) is 21.4. The number of imidazole rings is 2. The third-order valence-electron chi connectivity index (χ3n) is 10.0. The molecule has 0 radical (unpaired) electrons. The molecule has 10 heteroatoms. The van der Waals surface area contributed by atoms with E-state index in [9.17, 15) is 9.59 Å². The minimum Gasteiger partial charge on any atom is -0.458 e. The number of esters is 1. The van der Waals surface area contributed by atoms with Gasteiger partial charge in [-0.2, -0.15) is 0 Å². The van der Waals surface area contributed by atoms with Gasteiger partial charge in [0, 0.05) is 17.6 Å². The number of carbonyl (C=O) groups is 2. The van der Waals surface area contributed by atoms with Crippen LogP contribution in [0.2, 0.25) is 0 Å². The molecule has 5 aromatic rings. The first-order chi connectivity index (χ1) is 24.6. The van der Waals surface area contributed by atoms with E-state index in [1.165, 1.54) is 0 Å². The minimum absolute atomic E-state index is 0.0843. The van der Waals surface area contributed by atoms with Crippen LogP contribution in [-0.4, -0.2) is 60.2 Å². The van der Waals surface area contributed by atoms with Gasteiger partial charge in [0.15, 0.2) is 5.54 Å². The molecule has 2 fully saturated rings. The van der Waals surface area contributed by atoms with E-state index >= 15 is 0 Å². The van der Waals surface area contributed by atoms with E-state index in [2.05, 4.69) is 89.8 Å². The highest BCUT2D eigenvalue weighted by molar-refractivity contribution is 5.91. The molecule has 7 rings (SSSR count). The molecule has 1 amide bonds. The van der Waals surface area contributed by atoms with Crippen molar-refractivity contribution in [2.45, 2.75) is 116 Å². The van der Waals surface area contributed by atoms with Gasteiger partial charge >= 0.3 is 12.1 Å². The van der Waals surface area contributed by atoms with Gasteiger partial charge in [-0.15, -0.1) is 0 Å². The zero-order valence-electron chi connectivity index (χ0n) is 31.5. The van der Waals surface area contributed by atoms with Gasteiger partial charge in [0.2, 0.25) is 0 Å². The van der Waals surface area contributed by atoms with Crippen LogP contribution in [0.4, 0.5) is 4.79 Å². The molecule has 3 N–H and O–H groups in total. The SMILES string of the molecule is C[C@H]1CC[C@@](C(=O)OC(C)(C)C)(c2ncc(-c3ccc4cc(-c5ccc(-c6cnc([C@@H]7CC[C@H](C)N7C(=O)OC(C)(C)C)[nH]6)cc5)ccc4c3)[nH]2)N1. The van der Waals surface area contributed by atoms with Gasteiger partial charge in [-0.3, -0.25) is 10.2 Å². The molecule has 2 aromatic heterocycles. The summed E-state index contributed by atoms with van der Waals surface area (Å²) >= 11 is 0. The lowest BCUT2D eigenvalue weighted by Crippen LogP contribution is -2.50. The molecular weight excluding hydrogens is 652 g/mol. The summed E-state index contributed by atoms with van der Waals surface area (Å²) in [4.78, 5) is 44.6. The average molecular weight is 703 g/mol. The molecule has 0 spiro atoms. The molecule has 3 aromatic carbocycles. The van der Waals surface area contributed by atoms with Crippen LogP contribution in [0.1, 0.15) is 98.8 Å². The predicted octanol–water partition coefficient (Wildman–Crippen LogP) is 9.06. The van der Waals surface area contributed by atoms with Crippen molar-refractivity contribution in [3.05, 3.63) is 84.7 Å². The molecule has 272 valence electrons. The van der Waals surface area contributed by atoms with Crippen LogP contribution in [0, 0.1) is 0 Å². The number of hydrogen-bond donors (Lipinski definition) is 3. The maximum absolute atomic E-state index is 13.5. The highest BCUT2D eigenvalue weighted by Crippen LogP contribution is 2.38. The molecule has 10 nitrogen and oxygen atoms in total. The fourth-order valence-electron chi connectivity index (χ4n) is 7.45. The van der Waals surface area contributed by atoms with Crippen molar-refractivity contribution in [3.8, 4) is 33.6 Å². The molecular formula is C42H50N6O4. The van der Waals surface area contributed by atoms with Gasteiger partial charge in [-0.1, -0.05) is 48.5 Å². The molecule has 4 heterocycles. The molecule has 52 heavy (non-hydrogen) atoms. The molecule has 0 saturated carbocycles. The van der Waals surface area contributed by atoms with Crippen LogP contribution in [0.3, 0.4) is 0 Å². The van der Waals surface area contributed by atoms with Gasteiger partial charge in [0.1, 0.15) is 22.9 Å². The van der Waals surface area contributed by atoms with Crippen molar-refractivity contribution in [2.24, 2.45) is 0 Å². The van der Waals surface area contributed by atoms with Crippen LogP contribution in [0.5, 0.6) is 0 Å². The lowest BCUT2D eigenvalue weighted by atomic mass is 9.96. The Morgan fingerprint density at radius 1 is 0.731 bits per heavy atom. The summed E-state index contributed by atoms with van der Waals surface area (Å²) in [6.45, 7) is 15.5. The molecule has 0 unspecified atom stereocenters. The van der Waals surface area contributed by atoms with E-state index in [1.807, 2.05) is 52.6 Å². The maximum atomic E-state index is 13.5. The van der Waals surface area contributed by atoms with Crippen molar-refractivity contribution in [2.75, 3.05) is 0 Å². The number of rotatable bonds is 6. The van der Waals surface area contributed by atoms with Gasteiger partial charge in [0.05, 0.1) is 29.8 Å². The molecule has 2 aliphatic heterocycles. The van der Waals surface area contributed by atoms with Crippen LogP contribution in [-0.2, 0) is 19.8 Å². The van der Waals surface area contributed by atoms with Crippen LogP contribution < -0.4 is 5.32 Å². The van der Waals surface area contributed by atoms with Gasteiger partial charge in [-0.05, 0) is 121 Å². The van der Waals surface area contributed by atoms with E-state index in [0.717, 1.165) is 69.5 Å². The number of likely N-dealkylation sites (tertiary alicyclic amines) is 1. The van der Waals surface area contributed by atoms with E-state index in [-0.39, 0.29) is 30.2 Å². The molecule has 0 aliphatic carbocycles. The van der Waals surface area contributed by atoms with Crippen molar-refractivity contribution in [3.63, 3.8) is 0 Å². The van der Waals surface area contributed by atoms with Gasteiger partial charge < -0.3 is 19.4 Å². The number of ether oxygens (including phenoxy) is 2. The Labute approximate surface area is 305 Å². The smallest absolute Gasteiger partial charge is 0.411 e. The number of aromatic nitrogens is 4. The van der Waals surface area contributed by atoms with E-state index < -0.39 is 16.7 Å². The number of hydrogen-bond acceptors (Lipinski definition) is 7. The monoisotopic (exact) mass is 702 g/mol. The predicted molar refractivity (Wildman–Crippen MR) is 203 cm³/mol. The first-order valence-electron chi connectivity index (χ1n) is 18.4. The number of carbonyl (C=O) groups excluding carboxylic acids is 2. The van der Waals surface area contributed by atoms with Crippen molar-refractivity contribution in [1.82, 2.24) is 30.2 Å². The Bertz CT molecular complexity index is 2100. The van der Waals surface area contributed by atoms with E-state index in [1.54, 1.807) is 6.20 Å². The number of benzene rings is 3. The standard InChI is InChI=1S/C42H50N6O4/c1-25-19-20-42(47-25,38(49)51-40(3,4)5)37-44-24-34(46-37)32-17-16-30-21-29(14-15-31(30)22-32)27-10-12-28(13-11-27)33-23-43-36(45-33)35-18-9-26(2)48(35)39(50)52-41(6,7)8/h10-17,21-26,35,47H,9,18-20H2,1-8H3,(H,43,45)(H,44,46)/t25-,26-,35-,42-/m0/s1. The Hall–Kier alpha value is -4.96. The Balaban J connectivity index is 1.07. The number of aromatic amines is 2. The first-order valence-corrected chi connectivity index (χ1v) is 18.4. The Morgan fingerprint density at radius 3 is 1.98 bits per heavy atom. The fourth-order valence-corrected chi connectivity index (χ4v) is 7.45. The summed E-state index contributed by atoms with van der Waals surface area (Å²) in [5.41, 5.74) is 3.86. The Kier molecular flexibility index (Phi) is 9.01. The summed E-state index contributed by atoms with van der Waals surface area (Å²) < 4.78 is 11.6. The number of H-pyrrole nitrogens is 2. The second-order valence-corrected chi connectivity index (χ2v) is 16.5. The minimum atomic E-state index is -0.996. The van der Waals surface area contributed by atoms with E-state index in [4.69, 9.17) is 19.4 Å². The fraction of sp³-hybridized carbons (Fsp3) is 0.429. The van der Waals surface area contributed by atoms with Gasteiger partial charge in [0.25, 0.3) is 0 Å². The highest BCUT2D eigenvalue weighted by Gasteiger charge is 2.50. The molecule has 2 aliphatic rings. The highest BCUT2D eigenvalue weighted by atomic mass is 16.6. The van der Waals surface area contributed by atoms with Crippen molar-refractivity contribution < 1.29 is 19.1 Å². The van der Waals surface area contributed by atoms with Gasteiger partial charge in [-0.25, -0.2) is 19.6 Å². The number of fused-ring (bicyclic) bond motifs is 1. The summed E-state index contributed by atoms with van der Waals surface area (Å²) in [5, 5.41) is 5.70. The van der Waals surface area contributed by atoms with Crippen LogP contribution >= 0.6 is 0 Å². The van der Waals surface area contributed by atoms with Crippen molar-refractivity contribution >= 4 is 22.8 Å². The third-order valence-corrected chi connectivity index (χ3v) is 10.0. The molecule has 4 atom stereocenters. The quantitative estimate of drug-likeness (QED) is 0.151. The zero-order valence-corrected chi connectivity index (χ0v) is 31.5.